The third kappa shape index (κ3) is 2.21. The molecule has 0 saturated carbocycles. The Morgan fingerprint density at radius 3 is 2.44 bits per heavy atom. The fraction of sp³-hybridized carbons (Fsp3) is 0.0769. The molecule has 1 atom stereocenters. The van der Waals surface area contributed by atoms with E-state index in [0.717, 1.165) is 11.3 Å². The maximum Gasteiger partial charge on any atom is 0.113 e. The Hall–Kier alpha value is -1.85. The lowest BCUT2D eigenvalue weighted by Crippen LogP contribution is -2.00. The minimum Gasteiger partial charge on any atom is -0.260 e. The summed E-state index contributed by atoms with van der Waals surface area (Å²) in [5, 5.41) is 9.85. The Morgan fingerprint density at radius 2 is 1.88 bits per heavy atom. The molecule has 0 aliphatic rings. The van der Waals surface area contributed by atoms with E-state index in [9.17, 15) is 5.26 Å². The Morgan fingerprint density at radius 1 is 1.12 bits per heavy atom. The van der Waals surface area contributed by atoms with Crippen molar-refractivity contribution in [2.24, 2.45) is 0 Å². The van der Waals surface area contributed by atoms with Crippen LogP contribution in [0.5, 0.6) is 0 Å². The lowest BCUT2D eigenvalue weighted by molar-refractivity contribution is 0.966. The van der Waals surface area contributed by atoms with E-state index in [-0.39, 0.29) is 5.92 Å². The highest BCUT2D eigenvalue weighted by molar-refractivity contribution is 6.30. The van der Waals surface area contributed by atoms with Gasteiger partial charge in [0.15, 0.2) is 0 Å². The van der Waals surface area contributed by atoms with Gasteiger partial charge >= 0.3 is 0 Å². The molecule has 0 spiro atoms. The molecule has 2 rings (SSSR count). The molecule has 0 fully saturated rings. The molecule has 2 aromatic rings. The van der Waals surface area contributed by atoms with Gasteiger partial charge in [0, 0.05) is 11.2 Å². The van der Waals surface area contributed by atoms with E-state index < -0.39 is 0 Å². The van der Waals surface area contributed by atoms with E-state index in [1.54, 1.807) is 18.3 Å². The van der Waals surface area contributed by atoms with Crippen LogP contribution in [0.1, 0.15) is 17.2 Å². The molecule has 0 unspecified atom stereocenters. The van der Waals surface area contributed by atoms with Crippen molar-refractivity contribution in [1.82, 2.24) is 4.98 Å². The standard InChI is InChI=1S/C13H9ClN2/c14-11-6-4-10(5-7-11)12(9-15)13-3-1-2-8-16-13/h1-8,12H/t12-/m0/s1. The molecule has 0 bridgehead atoms. The summed E-state index contributed by atoms with van der Waals surface area (Å²) in [7, 11) is 0. The number of nitriles is 1. The van der Waals surface area contributed by atoms with Crippen LogP contribution in [0.4, 0.5) is 0 Å². The number of hydrogen-bond donors (Lipinski definition) is 0. The van der Waals surface area contributed by atoms with E-state index in [0.29, 0.717) is 5.02 Å². The van der Waals surface area contributed by atoms with Crippen molar-refractivity contribution in [3.05, 3.63) is 64.9 Å². The van der Waals surface area contributed by atoms with Crippen molar-refractivity contribution in [2.75, 3.05) is 0 Å². The van der Waals surface area contributed by atoms with Gasteiger partial charge in [-0.1, -0.05) is 29.8 Å². The average molecular weight is 229 g/mol. The van der Waals surface area contributed by atoms with E-state index in [1.807, 2.05) is 30.3 Å². The van der Waals surface area contributed by atoms with Crippen molar-refractivity contribution in [3.63, 3.8) is 0 Å². The molecule has 0 N–H and O–H groups in total. The number of halogens is 1. The van der Waals surface area contributed by atoms with Gasteiger partial charge in [-0.3, -0.25) is 4.98 Å². The predicted molar refractivity (Wildman–Crippen MR) is 63.1 cm³/mol. The van der Waals surface area contributed by atoms with Gasteiger partial charge in [0.1, 0.15) is 5.92 Å². The van der Waals surface area contributed by atoms with Crippen LogP contribution < -0.4 is 0 Å². The molecule has 0 saturated heterocycles. The Bertz CT molecular complexity index is 500. The SMILES string of the molecule is N#C[C@@H](c1ccc(Cl)cc1)c1ccccn1. The van der Waals surface area contributed by atoms with Crippen LogP contribution in [0.3, 0.4) is 0 Å². The summed E-state index contributed by atoms with van der Waals surface area (Å²) in [5.74, 6) is -0.335. The van der Waals surface area contributed by atoms with Gasteiger partial charge in [0.2, 0.25) is 0 Å². The van der Waals surface area contributed by atoms with Gasteiger partial charge in [0.25, 0.3) is 0 Å². The molecule has 1 aromatic carbocycles. The zero-order valence-corrected chi connectivity index (χ0v) is 9.22. The zero-order chi connectivity index (χ0) is 11.4. The molecule has 78 valence electrons. The van der Waals surface area contributed by atoms with Crippen LogP contribution in [0.25, 0.3) is 0 Å². The number of pyridine rings is 1. The first kappa shape index (κ1) is 10.7. The molecule has 2 nitrogen and oxygen atoms in total. The summed E-state index contributed by atoms with van der Waals surface area (Å²) in [6.45, 7) is 0. The van der Waals surface area contributed by atoms with Crippen molar-refractivity contribution >= 4 is 11.6 Å². The molecule has 16 heavy (non-hydrogen) atoms. The smallest absolute Gasteiger partial charge is 0.113 e. The van der Waals surface area contributed by atoms with Crippen LogP contribution in [0.15, 0.2) is 48.7 Å². The monoisotopic (exact) mass is 228 g/mol. The first-order valence-electron chi connectivity index (χ1n) is 4.87. The van der Waals surface area contributed by atoms with Gasteiger partial charge in [0.05, 0.1) is 11.8 Å². The molecule has 0 radical (unpaired) electrons. The van der Waals surface area contributed by atoms with Gasteiger partial charge in [-0.15, -0.1) is 0 Å². The second kappa shape index (κ2) is 4.78. The lowest BCUT2D eigenvalue weighted by Gasteiger charge is -2.08. The molecule has 0 aliphatic carbocycles. The highest BCUT2D eigenvalue weighted by Gasteiger charge is 2.13. The quantitative estimate of drug-likeness (QED) is 0.790. The number of hydrogen-bond acceptors (Lipinski definition) is 2. The van der Waals surface area contributed by atoms with Crippen molar-refractivity contribution in [2.45, 2.75) is 5.92 Å². The Labute approximate surface area is 99.1 Å². The van der Waals surface area contributed by atoms with E-state index in [4.69, 9.17) is 11.6 Å². The molecule has 1 aromatic heterocycles. The molecule has 0 aliphatic heterocycles. The second-order valence-corrected chi connectivity index (χ2v) is 3.80. The maximum atomic E-state index is 9.18. The minimum absolute atomic E-state index is 0.335. The predicted octanol–water partition coefficient (Wildman–Crippen LogP) is 3.39. The molecule has 3 heteroatoms. The Kier molecular flexibility index (Phi) is 3.19. The molecule has 0 amide bonds. The van der Waals surface area contributed by atoms with Gasteiger partial charge in [-0.25, -0.2) is 0 Å². The second-order valence-electron chi connectivity index (χ2n) is 3.37. The Balaban J connectivity index is 2.38. The van der Waals surface area contributed by atoms with Crippen LogP contribution in [0, 0.1) is 11.3 Å². The molecule has 1 heterocycles. The van der Waals surface area contributed by atoms with Gasteiger partial charge in [-0.05, 0) is 29.8 Å². The van der Waals surface area contributed by atoms with Crippen LogP contribution >= 0.6 is 11.6 Å². The van der Waals surface area contributed by atoms with Crippen LogP contribution in [0.2, 0.25) is 5.02 Å². The number of rotatable bonds is 2. The topological polar surface area (TPSA) is 36.7 Å². The number of benzene rings is 1. The number of nitrogens with zero attached hydrogens (tertiary/aromatic N) is 2. The van der Waals surface area contributed by atoms with E-state index in [2.05, 4.69) is 11.1 Å². The van der Waals surface area contributed by atoms with Crippen LogP contribution in [-0.2, 0) is 0 Å². The van der Waals surface area contributed by atoms with Crippen LogP contribution in [-0.4, -0.2) is 4.98 Å². The average Bonchev–Trinajstić information content (AvgIpc) is 2.34. The normalized spacial score (nSPS) is 11.8. The third-order valence-electron chi connectivity index (χ3n) is 2.32. The fourth-order valence-electron chi connectivity index (χ4n) is 1.51. The van der Waals surface area contributed by atoms with Crippen molar-refractivity contribution in [1.29, 1.82) is 5.26 Å². The third-order valence-corrected chi connectivity index (χ3v) is 2.57. The largest absolute Gasteiger partial charge is 0.260 e. The fourth-order valence-corrected chi connectivity index (χ4v) is 1.64. The first-order valence-corrected chi connectivity index (χ1v) is 5.25. The lowest BCUT2D eigenvalue weighted by atomic mass is 9.97. The van der Waals surface area contributed by atoms with Crippen molar-refractivity contribution in [3.8, 4) is 6.07 Å². The zero-order valence-electron chi connectivity index (χ0n) is 8.47. The summed E-state index contributed by atoms with van der Waals surface area (Å²) >= 11 is 5.81. The maximum absolute atomic E-state index is 9.18. The highest BCUT2D eigenvalue weighted by Crippen LogP contribution is 2.23. The van der Waals surface area contributed by atoms with E-state index >= 15 is 0 Å². The van der Waals surface area contributed by atoms with Crippen molar-refractivity contribution < 1.29 is 0 Å². The summed E-state index contributed by atoms with van der Waals surface area (Å²) in [6, 6.07) is 15.1. The minimum atomic E-state index is -0.335. The summed E-state index contributed by atoms with van der Waals surface area (Å²) < 4.78 is 0. The first-order chi connectivity index (χ1) is 7.81. The molecular formula is C13H9ClN2. The highest BCUT2D eigenvalue weighted by atomic mass is 35.5. The van der Waals surface area contributed by atoms with Gasteiger partial charge < -0.3 is 0 Å². The van der Waals surface area contributed by atoms with E-state index in [1.165, 1.54) is 0 Å². The summed E-state index contributed by atoms with van der Waals surface area (Å²) in [4.78, 5) is 4.19. The van der Waals surface area contributed by atoms with Gasteiger partial charge in [-0.2, -0.15) is 5.26 Å². The number of aromatic nitrogens is 1. The summed E-state index contributed by atoms with van der Waals surface area (Å²) in [5.41, 5.74) is 1.66. The molecular weight excluding hydrogens is 220 g/mol. The summed E-state index contributed by atoms with van der Waals surface area (Å²) in [6.07, 6.45) is 1.69.